The zero-order chi connectivity index (χ0) is 11.9. The second-order valence-electron chi connectivity index (χ2n) is 5.24. The lowest BCUT2D eigenvalue weighted by atomic mass is 10.00. The molecule has 2 heterocycles. The van der Waals surface area contributed by atoms with Crippen molar-refractivity contribution in [1.82, 2.24) is 9.80 Å². The average Bonchev–Trinajstić information content (AvgIpc) is 2.57. The van der Waals surface area contributed by atoms with Crippen LogP contribution in [0.1, 0.15) is 19.3 Å². The van der Waals surface area contributed by atoms with Gasteiger partial charge in [-0.1, -0.05) is 0 Å². The van der Waals surface area contributed by atoms with E-state index >= 15 is 0 Å². The molecule has 0 aromatic heterocycles. The predicted octanol–water partition coefficient (Wildman–Crippen LogP) is 1.66. The summed E-state index contributed by atoms with van der Waals surface area (Å²) in [6, 6.07) is 0. The molecule has 100 valence electrons. The highest BCUT2D eigenvalue weighted by atomic mass is 35.5. The minimum atomic E-state index is 0.764. The number of hydrogen-bond donors (Lipinski definition) is 0. The Morgan fingerprint density at radius 2 is 1.71 bits per heavy atom. The highest BCUT2D eigenvalue weighted by Crippen LogP contribution is 2.17. The van der Waals surface area contributed by atoms with Gasteiger partial charge in [0, 0.05) is 45.3 Å². The lowest BCUT2D eigenvalue weighted by Crippen LogP contribution is -2.36. The number of halogens is 1. The molecule has 2 saturated heterocycles. The Balaban J connectivity index is 1.70. The van der Waals surface area contributed by atoms with E-state index in [1.165, 1.54) is 52.0 Å². The lowest BCUT2D eigenvalue weighted by Gasteiger charge is -2.28. The van der Waals surface area contributed by atoms with E-state index < -0.39 is 0 Å². The SMILES string of the molecule is ClCCN1CCCN(CC2CCOCC2)CC1. The van der Waals surface area contributed by atoms with Crippen LogP contribution in [0.15, 0.2) is 0 Å². The van der Waals surface area contributed by atoms with Gasteiger partial charge in [0.25, 0.3) is 0 Å². The number of rotatable bonds is 4. The largest absolute Gasteiger partial charge is 0.381 e. The van der Waals surface area contributed by atoms with Crippen molar-refractivity contribution in [2.24, 2.45) is 5.92 Å². The minimum absolute atomic E-state index is 0.764. The summed E-state index contributed by atoms with van der Waals surface area (Å²) in [4.78, 5) is 5.14. The number of hydrogen-bond acceptors (Lipinski definition) is 3. The third-order valence-electron chi connectivity index (χ3n) is 3.94. The highest BCUT2D eigenvalue weighted by molar-refractivity contribution is 6.18. The van der Waals surface area contributed by atoms with E-state index in [9.17, 15) is 0 Å². The first-order valence-corrected chi connectivity index (χ1v) is 7.50. The van der Waals surface area contributed by atoms with Gasteiger partial charge < -0.3 is 14.5 Å². The second-order valence-corrected chi connectivity index (χ2v) is 5.62. The van der Waals surface area contributed by atoms with E-state index in [0.717, 1.165) is 31.6 Å². The molecule has 0 bridgehead atoms. The van der Waals surface area contributed by atoms with Gasteiger partial charge in [0.2, 0.25) is 0 Å². The first-order valence-electron chi connectivity index (χ1n) is 6.97. The Bertz CT molecular complexity index is 210. The Hall–Kier alpha value is 0.170. The van der Waals surface area contributed by atoms with Crippen LogP contribution in [0.5, 0.6) is 0 Å². The van der Waals surface area contributed by atoms with Gasteiger partial charge in [0.1, 0.15) is 0 Å². The van der Waals surface area contributed by atoms with Crippen molar-refractivity contribution in [2.45, 2.75) is 19.3 Å². The molecular formula is C13H25ClN2O. The Kier molecular flexibility index (Phi) is 6.06. The lowest BCUT2D eigenvalue weighted by molar-refractivity contribution is 0.0530. The van der Waals surface area contributed by atoms with Crippen LogP contribution in [0.4, 0.5) is 0 Å². The maximum Gasteiger partial charge on any atom is 0.0469 e. The van der Waals surface area contributed by atoms with Crippen LogP contribution >= 0.6 is 11.6 Å². The van der Waals surface area contributed by atoms with E-state index in [-0.39, 0.29) is 0 Å². The molecule has 2 aliphatic heterocycles. The maximum atomic E-state index is 5.81. The molecule has 4 heteroatoms. The normalized spacial score (nSPS) is 25.9. The van der Waals surface area contributed by atoms with Crippen LogP contribution in [0.2, 0.25) is 0 Å². The van der Waals surface area contributed by atoms with Gasteiger partial charge in [-0.15, -0.1) is 11.6 Å². The van der Waals surface area contributed by atoms with E-state index in [1.54, 1.807) is 0 Å². The average molecular weight is 261 g/mol. The first-order chi connectivity index (χ1) is 8.38. The van der Waals surface area contributed by atoms with Gasteiger partial charge in [-0.2, -0.15) is 0 Å². The summed E-state index contributed by atoms with van der Waals surface area (Å²) in [5.74, 6) is 1.63. The number of ether oxygens (including phenoxy) is 1. The summed E-state index contributed by atoms with van der Waals surface area (Å²) in [5.41, 5.74) is 0. The molecule has 0 aliphatic carbocycles. The zero-order valence-corrected chi connectivity index (χ0v) is 11.5. The summed E-state index contributed by atoms with van der Waals surface area (Å²) in [5, 5.41) is 0. The predicted molar refractivity (Wildman–Crippen MR) is 71.8 cm³/mol. The number of alkyl halides is 1. The fourth-order valence-electron chi connectivity index (χ4n) is 2.84. The van der Waals surface area contributed by atoms with Crippen molar-refractivity contribution in [3.05, 3.63) is 0 Å². The highest BCUT2D eigenvalue weighted by Gasteiger charge is 2.19. The van der Waals surface area contributed by atoms with E-state index in [4.69, 9.17) is 16.3 Å². The molecule has 0 aromatic rings. The quantitative estimate of drug-likeness (QED) is 0.715. The zero-order valence-electron chi connectivity index (χ0n) is 10.7. The monoisotopic (exact) mass is 260 g/mol. The third kappa shape index (κ3) is 4.74. The molecule has 3 nitrogen and oxygen atoms in total. The molecule has 0 amide bonds. The molecule has 2 fully saturated rings. The summed E-state index contributed by atoms with van der Waals surface area (Å²) >= 11 is 5.81. The van der Waals surface area contributed by atoms with Crippen LogP contribution < -0.4 is 0 Å². The summed E-state index contributed by atoms with van der Waals surface area (Å²) in [7, 11) is 0. The number of nitrogens with zero attached hydrogens (tertiary/aromatic N) is 2. The van der Waals surface area contributed by atoms with Crippen LogP contribution in [0.3, 0.4) is 0 Å². The molecule has 0 N–H and O–H groups in total. The van der Waals surface area contributed by atoms with Gasteiger partial charge in [0.05, 0.1) is 0 Å². The fraction of sp³-hybridized carbons (Fsp3) is 1.00. The summed E-state index contributed by atoms with van der Waals surface area (Å²) in [6.45, 7) is 9.15. The molecule has 0 aromatic carbocycles. The van der Waals surface area contributed by atoms with Crippen molar-refractivity contribution in [3.8, 4) is 0 Å². The van der Waals surface area contributed by atoms with Crippen molar-refractivity contribution in [2.75, 3.05) is 58.4 Å². The molecule has 0 saturated carbocycles. The first kappa shape index (κ1) is 13.6. The topological polar surface area (TPSA) is 15.7 Å². The molecule has 0 spiro atoms. The second kappa shape index (κ2) is 7.57. The third-order valence-corrected chi connectivity index (χ3v) is 4.11. The van der Waals surface area contributed by atoms with Crippen molar-refractivity contribution in [3.63, 3.8) is 0 Å². The molecule has 0 atom stereocenters. The summed E-state index contributed by atoms with van der Waals surface area (Å²) in [6.07, 6.45) is 3.80. The smallest absolute Gasteiger partial charge is 0.0469 e. The summed E-state index contributed by atoms with van der Waals surface area (Å²) < 4.78 is 5.42. The minimum Gasteiger partial charge on any atom is -0.381 e. The van der Waals surface area contributed by atoms with Crippen LogP contribution in [0.25, 0.3) is 0 Å². The Morgan fingerprint density at radius 1 is 1.00 bits per heavy atom. The van der Waals surface area contributed by atoms with E-state index in [0.29, 0.717) is 0 Å². The van der Waals surface area contributed by atoms with Crippen LogP contribution in [-0.2, 0) is 4.74 Å². The Labute approximate surface area is 110 Å². The fourth-order valence-corrected chi connectivity index (χ4v) is 3.08. The molecule has 0 unspecified atom stereocenters. The van der Waals surface area contributed by atoms with Crippen molar-refractivity contribution < 1.29 is 4.74 Å². The molecule has 2 rings (SSSR count). The van der Waals surface area contributed by atoms with Crippen molar-refractivity contribution in [1.29, 1.82) is 0 Å². The van der Waals surface area contributed by atoms with Crippen LogP contribution in [-0.4, -0.2) is 68.2 Å². The van der Waals surface area contributed by atoms with E-state index in [1.807, 2.05) is 0 Å². The van der Waals surface area contributed by atoms with Gasteiger partial charge in [-0.25, -0.2) is 0 Å². The molecular weight excluding hydrogens is 236 g/mol. The molecule has 2 aliphatic rings. The van der Waals surface area contributed by atoms with E-state index in [2.05, 4.69) is 9.80 Å². The van der Waals surface area contributed by atoms with Crippen molar-refractivity contribution >= 4 is 11.6 Å². The van der Waals surface area contributed by atoms with Crippen LogP contribution in [0, 0.1) is 5.92 Å². The standard InChI is InChI=1S/C13H25ClN2O/c14-4-7-15-5-1-6-16(9-8-15)12-13-2-10-17-11-3-13/h13H,1-12H2. The molecule has 17 heavy (non-hydrogen) atoms. The van der Waals surface area contributed by atoms with Gasteiger partial charge >= 0.3 is 0 Å². The van der Waals surface area contributed by atoms with Gasteiger partial charge in [0.15, 0.2) is 0 Å². The maximum absolute atomic E-state index is 5.81. The van der Waals surface area contributed by atoms with Gasteiger partial charge in [-0.3, -0.25) is 0 Å². The molecule has 0 radical (unpaired) electrons. The Morgan fingerprint density at radius 3 is 2.47 bits per heavy atom. The van der Waals surface area contributed by atoms with Gasteiger partial charge in [-0.05, 0) is 38.3 Å².